The molecule has 0 saturated heterocycles. The van der Waals surface area contributed by atoms with E-state index in [1.54, 1.807) is 6.20 Å². The molecule has 0 aliphatic heterocycles. The number of aromatic nitrogens is 1. The molecule has 0 aliphatic carbocycles. The Morgan fingerprint density at radius 2 is 2.31 bits per heavy atom. The van der Waals surface area contributed by atoms with Gasteiger partial charge < -0.3 is 4.98 Å². The van der Waals surface area contributed by atoms with Gasteiger partial charge in [-0.2, -0.15) is 0 Å². The van der Waals surface area contributed by atoms with Gasteiger partial charge in [0.1, 0.15) is 0 Å². The minimum atomic E-state index is 0.498. The molecule has 84 valence electrons. The van der Waals surface area contributed by atoms with Gasteiger partial charge in [0.05, 0.1) is 2.83 Å². The lowest BCUT2D eigenvalue weighted by Gasteiger charge is -2.03. The molecule has 0 radical (unpaired) electrons. The van der Waals surface area contributed by atoms with E-state index < -0.39 is 0 Å². The number of nitrogens with one attached hydrogen (secondary N) is 1. The molecule has 0 spiro atoms. The number of fused-ring (bicyclic) bond motifs is 1. The van der Waals surface area contributed by atoms with Gasteiger partial charge in [0, 0.05) is 22.7 Å². The molecule has 2 nitrogen and oxygen atoms in total. The summed E-state index contributed by atoms with van der Waals surface area (Å²) in [6.07, 6.45) is 4.77. The molecular formula is C12H11BrINO. The number of hydrogen-bond acceptors (Lipinski definition) is 1. The predicted octanol–water partition coefficient (Wildman–Crippen LogP) is 4.07. The number of carbonyl (C=O) groups excluding carboxylic acids is 1. The molecule has 1 atom stereocenters. The molecule has 0 amide bonds. The molecule has 4 heteroatoms. The fourth-order valence-electron chi connectivity index (χ4n) is 1.72. The van der Waals surface area contributed by atoms with Gasteiger partial charge in [-0.15, -0.1) is 0 Å². The summed E-state index contributed by atoms with van der Waals surface area (Å²) in [6, 6.07) is 6.25. The first-order valence-electron chi connectivity index (χ1n) is 5.04. The average molecular weight is 392 g/mol. The Morgan fingerprint density at radius 1 is 1.50 bits per heavy atom. The Kier molecular flexibility index (Phi) is 4.02. The van der Waals surface area contributed by atoms with Crippen LogP contribution in [0.5, 0.6) is 0 Å². The van der Waals surface area contributed by atoms with Crippen molar-refractivity contribution >= 4 is 55.7 Å². The van der Waals surface area contributed by atoms with E-state index in [4.69, 9.17) is 0 Å². The highest BCUT2D eigenvalue weighted by Crippen LogP contribution is 2.21. The number of carbonyl (C=O) groups is 1. The van der Waals surface area contributed by atoms with Crippen LogP contribution < -0.4 is 0 Å². The normalized spacial score (nSPS) is 12.9. The highest BCUT2D eigenvalue weighted by molar-refractivity contribution is 14.1. The second-order valence-electron chi connectivity index (χ2n) is 3.67. The van der Waals surface area contributed by atoms with Crippen molar-refractivity contribution in [2.45, 2.75) is 15.7 Å². The summed E-state index contributed by atoms with van der Waals surface area (Å²) in [6.45, 7) is 0. The van der Waals surface area contributed by atoms with Crippen LogP contribution in [-0.4, -0.2) is 14.1 Å². The highest BCUT2D eigenvalue weighted by atomic mass is 127. The Hall–Kier alpha value is -0.360. The molecule has 0 fully saturated rings. The molecule has 1 unspecified atom stereocenters. The van der Waals surface area contributed by atoms with Crippen molar-refractivity contribution in [3.63, 3.8) is 0 Å². The number of aryl methyl sites for hydroxylation is 1. The van der Waals surface area contributed by atoms with Crippen LogP contribution in [0, 0.1) is 0 Å². The molecule has 2 aromatic rings. The van der Waals surface area contributed by atoms with Gasteiger partial charge in [0.15, 0.2) is 6.29 Å². The maximum absolute atomic E-state index is 10.8. The summed E-state index contributed by atoms with van der Waals surface area (Å²) < 4.78 is 0.498. The predicted molar refractivity (Wildman–Crippen MR) is 78.7 cm³/mol. The second kappa shape index (κ2) is 5.31. The number of rotatable bonds is 4. The van der Waals surface area contributed by atoms with E-state index >= 15 is 0 Å². The minimum Gasteiger partial charge on any atom is -0.360 e. The maximum atomic E-state index is 10.8. The zero-order chi connectivity index (χ0) is 11.5. The number of halogens is 2. The summed E-state index contributed by atoms with van der Waals surface area (Å²) in [5, 5.41) is 1.02. The summed E-state index contributed by atoms with van der Waals surface area (Å²) in [5.74, 6) is 0. The number of aromatic amines is 1. The molecule has 16 heavy (non-hydrogen) atoms. The van der Waals surface area contributed by atoms with Crippen molar-refractivity contribution < 1.29 is 4.79 Å². The SMILES string of the molecule is O=Cc1c[nH]c2ccc(CCC(Br)I)cc12. The monoisotopic (exact) mass is 391 g/mol. The van der Waals surface area contributed by atoms with Gasteiger partial charge in [-0.25, -0.2) is 0 Å². The Bertz CT molecular complexity index is 507. The smallest absolute Gasteiger partial charge is 0.152 e. The van der Waals surface area contributed by atoms with Crippen LogP contribution in [0.25, 0.3) is 10.9 Å². The first-order chi connectivity index (χ1) is 7.70. The first kappa shape index (κ1) is 12.1. The van der Waals surface area contributed by atoms with Crippen molar-refractivity contribution in [3.8, 4) is 0 Å². The topological polar surface area (TPSA) is 32.9 Å². The van der Waals surface area contributed by atoms with Gasteiger partial charge in [-0.3, -0.25) is 4.79 Å². The molecule has 1 heterocycles. The van der Waals surface area contributed by atoms with Gasteiger partial charge in [0.25, 0.3) is 0 Å². The molecule has 1 N–H and O–H groups in total. The number of alkyl halides is 2. The molecule has 1 aromatic carbocycles. The fourth-order valence-corrected chi connectivity index (χ4v) is 2.26. The van der Waals surface area contributed by atoms with E-state index in [0.717, 1.165) is 35.6 Å². The minimum absolute atomic E-state index is 0.498. The zero-order valence-corrected chi connectivity index (χ0v) is 12.3. The van der Waals surface area contributed by atoms with E-state index in [2.05, 4.69) is 55.6 Å². The van der Waals surface area contributed by atoms with Crippen LogP contribution in [-0.2, 0) is 6.42 Å². The molecule has 0 saturated carbocycles. The molecular weight excluding hydrogens is 381 g/mol. The molecule has 0 bridgehead atoms. The largest absolute Gasteiger partial charge is 0.360 e. The van der Waals surface area contributed by atoms with Crippen molar-refractivity contribution in [2.75, 3.05) is 0 Å². The average Bonchev–Trinajstić information content (AvgIpc) is 2.68. The summed E-state index contributed by atoms with van der Waals surface area (Å²) in [7, 11) is 0. The third-order valence-corrected chi connectivity index (χ3v) is 3.64. The van der Waals surface area contributed by atoms with E-state index in [1.165, 1.54) is 5.56 Å². The van der Waals surface area contributed by atoms with Crippen molar-refractivity contribution in [1.82, 2.24) is 4.98 Å². The Morgan fingerprint density at radius 3 is 3.00 bits per heavy atom. The van der Waals surface area contributed by atoms with Gasteiger partial charge in [0.2, 0.25) is 0 Å². The van der Waals surface area contributed by atoms with Crippen LogP contribution in [0.4, 0.5) is 0 Å². The van der Waals surface area contributed by atoms with Crippen LogP contribution >= 0.6 is 38.5 Å². The van der Waals surface area contributed by atoms with Gasteiger partial charge in [-0.1, -0.05) is 44.6 Å². The third-order valence-electron chi connectivity index (χ3n) is 2.56. The second-order valence-corrected chi connectivity index (χ2v) is 7.99. The van der Waals surface area contributed by atoms with Crippen LogP contribution in [0.1, 0.15) is 22.3 Å². The Balaban J connectivity index is 2.30. The highest BCUT2D eigenvalue weighted by Gasteiger charge is 2.05. The van der Waals surface area contributed by atoms with Gasteiger partial charge >= 0.3 is 0 Å². The summed E-state index contributed by atoms with van der Waals surface area (Å²) in [4.78, 5) is 13.9. The summed E-state index contributed by atoms with van der Waals surface area (Å²) >= 11 is 5.88. The first-order valence-corrected chi connectivity index (χ1v) is 7.20. The quantitative estimate of drug-likeness (QED) is 0.475. The number of aldehydes is 1. The Labute approximate surface area is 116 Å². The lowest BCUT2D eigenvalue weighted by molar-refractivity contribution is 0.112. The van der Waals surface area contributed by atoms with Crippen LogP contribution in [0.2, 0.25) is 0 Å². The van der Waals surface area contributed by atoms with Crippen LogP contribution in [0.3, 0.4) is 0 Å². The number of H-pyrrole nitrogens is 1. The number of hydrogen-bond donors (Lipinski definition) is 1. The van der Waals surface area contributed by atoms with E-state index in [1.807, 2.05) is 6.07 Å². The fraction of sp³-hybridized carbons (Fsp3) is 0.250. The molecule has 1 aromatic heterocycles. The lowest BCUT2D eigenvalue weighted by atomic mass is 10.1. The molecule has 2 rings (SSSR count). The van der Waals surface area contributed by atoms with Crippen molar-refractivity contribution in [1.29, 1.82) is 0 Å². The number of benzene rings is 1. The van der Waals surface area contributed by atoms with Gasteiger partial charge in [-0.05, 0) is 30.5 Å². The van der Waals surface area contributed by atoms with E-state index in [0.29, 0.717) is 2.83 Å². The standard InChI is InChI=1S/C12H11BrINO/c13-12(14)4-2-8-1-3-11-10(5-8)9(7-16)6-15-11/h1,3,5-7,12,15H,2,4H2. The maximum Gasteiger partial charge on any atom is 0.152 e. The zero-order valence-electron chi connectivity index (χ0n) is 8.54. The van der Waals surface area contributed by atoms with Crippen LogP contribution in [0.15, 0.2) is 24.4 Å². The molecule has 0 aliphatic rings. The summed E-state index contributed by atoms with van der Waals surface area (Å²) in [5.41, 5.74) is 3.04. The van der Waals surface area contributed by atoms with Crippen molar-refractivity contribution in [3.05, 3.63) is 35.5 Å². The van der Waals surface area contributed by atoms with E-state index in [9.17, 15) is 4.79 Å². The van der Waals surface area contributed by atoms with E-state index in [-0.39, 0.29) is 0 Å². The third kappa shape index (κ3) is 2.66. The lowest BCUT2D eigenvalue weighted by Crippen LogP contribution is -1.91. The van der Waals surface area contributed by atoms with Crippen molar-refractivity contribution in [2.24, 2.45) is 0 Å².